The van der Waals surface area contributed by atoms with Crippen molar-refractivity contribution in [2.75, 3.05) is 17.2 Å². The molecule has 10 heteroatoms. The Morgan fingerprint density at radius 3 is 2.64 bits per heavy atom. The summed E-state index contributed by atoms with van der Waals surface area (Å²) in [6.45, 7) is 4.73. The lowest BCUT2D eigenvalue weighted by molar-refractivity contribution is -0.118. The van der Waals surface area contributed by atoms with Gasteiger partial charge in [0, 0.05) is 25.4 Å². The van der Waals surface area contributed by atoms with Gasteiger partial charge >= 0.3 is 0 Å². The third-order valence-corrected chi connectivity index (χ3v) is 7.98. The van der Waals surface area contributed by atoms with Gasteiger partial charge in [0.05, 0.1) is 27.4 Å². The molecule has 33 heavy (non-hydrogen) atoms. The highest BCUT2D eigenvalue weighted by atomic mass is 32.2. The van der Waals surface area contributed by atoms with E-state index in [0.717, 1.165) is 33.5 Å². The molecule has 0 aliphatic heterocycles. The third-order valence-electron chi connectivity index (χ3n) is 5.22. The minimum absolute atomic E-state index is 0.00845. The van der Waals surface area contributed by atoms with Gasteiger partial charge in [0.15, 0.2) is 15.0 Å². The maximum atomic E-state index is 13.2. The zero-order valence-corrected chi connectivity index (χ0v) is 19.9. The fraction of sp³-hybridized carbons (Fsp3) is 0.261. The first-order valence-corrected chi connectivity index (χ1v) is 12.8. The number of amides is 1. The van der Waals surface area contributed by atoms with Crippen LogP contribution in [0.2, 0.25) is 0 Å². The zero-order chi connectivity index (χ0) is 23.6. The van der Waals surface area contributed by atoms with Crippen LogP contribution in [0.5, 0.6) is 0 Å². The number of hydrogen-bond donors (Lipinski definition) is 0. The molecule has 2 aromatic carbocycles. The van der Waals surface area contributed by atoms with E-state index in [4.69, 9.17) is 0 Å². The number of fused-ring (bicyclic) bond motifs is 1. The number of aryl methyl sites for hydroxylation is 2. The molecule has 0 saturated heterocycles. The molecule has 1 amide bonds. The quantitative estimate of drug-likeness (QED) is 0.350. The first kappa shape index (κ1) is 23.1. The van der Waals surface area contributed by atoms with E-state index in [1.807, 2.05) is 26.0 Å². The van der Waals surface area contributed by atoms with E-state index < -0.39 is 15.7 Å². The van der Waals surface area contributed by atoms with Gasteiger partial charge in [-0.05, 0) is 61.4 Å². The summed E-state index contributed by atoms with van der Waals surface area (Å²) < 4.78 is 41.1. The zero-order valence-electron chi connectivity index (χ0n) is 18.2. The highest BCUT2D eigenvalue weighted by molar-refractivity contribution is 7.91. The normalized spacial score (nSPS) is 11.7. The van der Waals surface area contributed by atoms with Gasteiger partial charge in [0.25, 0.3) is 0 Å². The number of thiazole rings is 1. The van der Waals surface area contributed by atoms with Crippen molar-refractivity contribution in [1.82, 2.24) is 14.8 Å². The number of anilines is 1. The lowest BCUT2D eigenvalue weighted by Crippen LogP contribution is -2.35. The Bertz CT molecular complexity index is 1380. The fourth-order valence-corrected chi connectivity index (χ4v) is 5.97. The Kier molecular flexibility index (Phi) is 6.57. The van der Waals surface area contributed by atoms with E-state index in [-0.39, 0.29) is 23.0 Å². The smallest absolute Gasteiger partial charge is 0.229 e. The van der Waals surface area contributed by atoms with E-state index in [1.54, 1.807) is 23.1 Å². The first-order valence-electron chi connectivity index (χ1n) is 10.4. The van der Waals surface area contributed by atoms with Gasteiger partial charge in [-0.3, -0.25) is 14.4 Å². The second kappa shape index (κ2) is 9.40. The van der Waals surface area contributed by atoms with E-state index in [1.165, 1.54) is 28.4 Å². The van der Waals surface area contributed by atoms with Crippen molar-refractivity contribution in [3.63, 3.8) is 0 Å². The van der Waals surface area contributed by atoms with Crippen molar-refractivity contribution in [3.05, 3.63) is 71.8 Å². The van der Waals surface area contributed by atoms with Crippen molar-refractivity contribution >= 4 is 42.4 Å². The monoisotopic (exact) mass is 486 g/mol. The molecule has 0 radical (unpaired) electrons. The molecule has 0 unspecified atom stereocenters. The van der Waals surface area contributed by atoms with Gasteiger partial charge in [-0.2, -0.15) is 5.10 Å². The second-order valence-electron chi connectivity index (χ2n) is 7.76. The molecule has 0 spiro atoms. The predicted molar refractivity (Wildman–Crippen MR) is 127 cm³/mol. The minimum Gasteiger partial charge on any atom is -0.286 e. The number of aromatic nitrogens is 3. The molecular weight excluding hydrogens is 463 g/mol. The van der Waals surface area contributed by atoms with Crippen LogP contribution in [-0.2, 0) is 21.2 Å². The maximum absolute atomic E-state index is 13.2. The van der Waals surface area contributed by atoms with Crippen LogP contribution >= 0.6 is 11.3 Å². The molecule has 0 fully saturated rings. The highest BCUT2D eigenvalue weighted by Crippen LogP contribution is 2.32. The van der Waals surface area contributed by atoms with Crippen molar-refractivity contribution in [2.45, 2.75) is 31.7 Å². The molecular formula is C23H23FN4O3S2. The molecule has 2 aromatic heterocycles. The number of sulfone groups is 1. The summed E-state index contributed by atoms with van der Waals surface area (Å²) >= 11 is 1.40. The van der Waals surface area contributed by atoms with Crippen LogP contribution in [0.3, 0.4) is 0 Å². The van der Waals surface area contributed by atoms with Crippen LogP contribution in [0, 0.1) is 19.7 Å². The number of carbonyl (C=O) groups excluding carboxylic acids is 1. The largest absolute Gasteiger partial charge is 0.286 e. The summed E-state index contributed by atoms with van der Waals surface area (Å²) in [5.41, 5.74) is 2.96. The number of carbonyl (C=O) groups is 1. The summed E-state index contributed by atoms with van der Waals surface area (Å²) in [4.78, 5) is 19.4. The summed E-state index contributed by atoms with van der Waals surface area (Å²) in [6, 6.07) is 10.5. The standard InChI is InChI=1S/C23H23FN4O3S2/c1-16-14-17(2)22-20(15-16)32-23(26-22)28(12-11-27-10-3-9-25-27)21(29)8-13-33(30,31)19-6-4-18(24)5-7-19/h3-7,9-10,14-15H,8,11-13H2,1-2H3. The first-order chi connectivity index (χ1) is 15.7. The van der Waals surface area contributed by atoms with Crippen LogP contribution in [0.15, 0.2) is 59.8 Å². The molecule has 7 nitrogen and oxygen atoms in total. The van der Waals surface area contributed by atoms with Crippen molar-refractivity contribution in [2.24, 2.45) is 0 Å². The van der Waals surface area contributed by atoms with Crippen LogP contribution in [0.25, 0.3) is 10.2 Å². The van der Waals surface area contributed by atoms with Crippen LogP contribution in [-0.4, -0.2) is 41.4 Å². The third kappa shape index (κ3) is 5.28. The summed E-state index contributed by atoms with van der Waals surface area (Å²) in [5.74, 6) is -1.24. The number of hydrogen-bond acceptors (Lipinski definition) is 6. The van der Waals surface area contributed by atoms with E-state index in [2.05, 4.69) is 10.1 Å². The van der Waals surface area contributed by atoms with Crippen LogP contribution in [0.1, 0.15) is 17.5 Å². The van der Waals surface area contributed by atoms with Gasteiger partial charge < -0.3 is 0 Å². The van der Waals surface area contributed by atoms with Gasteiger partial charge in [0.2, 0.25) is 5.91 Å². The summed E-state index contributed by atoms with van der Waals surface area (Å²) in [5, 5.41) is 4.70. The van der Waals surface area contributed by atoms with E-state index in [0.29, 0.717) is 18.2 Å². The number of benzene rings is 2. The molecule has 0 atom stereocenters. The number of halogens is 1. The molecule has 0 aliphatic carbocycles. The lowest BCUT2D eigenvalue weighted by Gasteiger charge is -2.20. The average molecular weight is 487 g/mol. The molecule has 4 aromatic rings. The Labute approximate surface area is 195 Å². The molecule has 0 bridgehead atoms. The van der Waals surface area contributed by atoms with Gasteiger partial charge in [0.1, 0.15) is 5.82 Å². The van der Waals surface area contributed by atoms with Gasteiger partial charge in [-0.15, -0.1) is 0 Å². The van der Waals surface area contributed by atoms with E-state index >= 15 is 0 Å². The molecule has 0 saturated carbocycles. The van der Waals surface area contributed by atoms with Crippen LogP contribution in [0.4, 0.5) is 9.52 Å². The Hall–Kier alpha value is -3.11. The lowest BCUT2D eigenvalue weighted by atomic mass is 10.1. The maximum Gasteiger partial charge on any atom is 0.229 e. The molecule has 172 valence electrons. The second-order valence-corrected chi connectivity index (χ2v) is 10.9. The Balaban J connectivity index is 1.58. The SMILES string of the molecule is Cc1cc(C)c2nc(N(CCn3cccn3)C(=O)CCS(=O)(=O)c3ccc(F)cc3)sc2c1. The minimum atomic E-state index is -3.73. The van der Waals surface area contributed by atoms with Gasteiger partial charge in [-0.25, -0.2) is 17.8 Å². The van der Waals surface area contributed by atoms with Crippen molar-refractivity contribution in [1.29, 1.82) is 0 Å². The molecule has 0 N–H and O–H groups in total. The highest BCUT2D eigenvalue weighted by Gasteiger charge is 2.24. The molecule has 2 heterocycles. The van der Waals surface area contributed by atoms with Crippen molar-refractivity contribution < 1.29 is 17.6 Å². The fourth-order valence-electron chi connectivity index (χ4n) is 3.55. The number of rotatable bonds is 8. The van der Waals surface area contributed by atoms with Crippen LogP contribution < -0.4 is 4.90 Å². The summed E-state index contributed by atoms with van der Waals surface area (Å²) in [6.07, 6.45) is 3.24. The van der Waals surface area contributed by atoms with Crippen molar-refractivity contribution in [3.8, 4) is 0 Å². The topological polar surface area (TPSA) is 85.2 Å². The molecule has 0 aliphatic rings. The molecule has 4 rings (SSSR count). The predicted octanol–water partition coefficient (Wildman–Crippen LogP) is 4.15. The van der Waals surface area contributed by atoms with Gasteiger partial charge in [-0.1, -0.05) is 17.4 Å². The van der Waals surface area contributed by atoms with E-state index in [9.17, 15) is 17.6 Å². The Morgan fingerprint density at radius 2 is 1.94 bits per heavy atom. The number of nitrogens with zero attached hydrogens (tertiary/aromatic N) is 4. The average Bonchev–Trinajstić information content (AvgIpc) is 3.43. The Morgan fingerprint density at radius 1 is 1.18 bits per heavy atom. The summed E-state index contributed by atoms with van der Waals surface area (Å²) in [7, 11) is -3.73.